The van der Waals surface area contributed by atoms with Crippen LogP contribution >= 0.6 is 11.8 Å². The van der Waals surface area contributed by atoms with Crippen LogP contribution in [0, 0.1) is 0 Å². The predicted molar refractivity (Wildman–Crippen MR) is 90.1 cm³/mol. The molecule has 3 rings (SSSR count). The van der Waals surface area contributed by atoms with Crippen LogP contribution in [-0.2, 0) is 16.1 Å². The number of ether oxygens (including phenoxy) is 1. The largest absolute Gasteiger partial charge is 0.379 e. The Morgan fingerprint density at radius 3 is 2.83 bits per heavy atom. The Labute approximate surface area is 139 Å². The summed E-state index contributed by atoms with van der Waals surface area (Å²) in [5.74, 6) is 0.428. The zero-order valence-electron chi connectivity index (χ0n) is 13.1. The van der Waals surface area contributed by atoms with Crippen molar-refractivity contribution in [3.8, 4) is 0 Å². The standard InChI is InChI=1S/C16H20N4O2S/c1-11(15(17)21)23-16-12-4-2-3-5-13(12)18-14(19-16)10-20-6-8-22-9-7-20/h2-5,11H,6-10H2,1H3,(H2,17,21)/t11-/m0/s1. The first-order valence-corrected chi connectivity index (χ1v) is 8.53. The highest BCUT2D eigenvalue weighted by Gasteiger charge is 2.17. The number of hydrogen-bond acceptors (Lipinski definition) is 6. The number of rotatable bonds is 5. The van der Waals surface area contributed by atoms with Gasteiger partial charge < -0.3 is 10.5 Å². The molecule has 0 spiro atoms. The van der Waals surface area contributed by atoms with Gasteiger partial charge in [-0.25, -0.2) is 9.97 Å². The summed E-state index contributed by atoms with van der Waals surface area (Å²) < 4.78 is 5.37. The molecule has 0 bridgehead atoms. The van der Waals surface area contributed by atoms with Crippen LogP contribution in [0.5, 0.6) is 0 Å². The molecule has 0 radical (unpaired) electrons. The lowest BCUT2D eigenvalue weighted by molar-refractivity contribution is -0.117. The number of morpholine rings is 1. The van der Waals surface area contributed by atoms with Crippen LogP contribution in [0.4, 0.5) is 0 Å². The van der Waals surface area contributed by atoms with Crippen molar-refractivity contribution in [2.24, 2.45) is 5.73 Å². The van der Waals surface area contributed by atoms with Crippen molar-refractivity contribution in [1.82, 2.24) is 14.9 Å². The molecule has 1 aliphatic rings. The molecular weight excluding hydrogens is 312 g/mol. The second kappa shape index (κ2) is 7.25. The molecule has 2 heterocycles. The summed E-state index contributed by atoms with van der Waals surface area (Å²) >= 11 is 1.39. The molecule has 1 aliphatic heterocycles. The zero-order valence-corrected chi connectivity index (χ0v) is 13.9. The molecule has 1 fully saturated rings. The summed E-state index contributed by atoms with van der Waals surface area (Å²) in [6.45, 7) is 5.74. The van der Waals surface area contributed by atoms with Crippen LogP contribution in [0.3, 0.4) is 0 Å². The predicted octanol–water partition coefficient (Wildman–Crippen LogP) is 1.43. The third-order valence-electron chi connectivity index (χ3n) is 3.77. The van der Waals surface area contributed by atoms with Crippen molar-refractivity contribution < 1.29 is 9.53 Å². The molecule has 2 aromatic rings. The number of primary amides is 1. The van der Waals surface area contributed by atoms with E-state index in [1.807, 2.05) is 24.3 Å². The van der Waals surface area contributed by atoms with E-state index in [1.54, 1.807) is 6.92 Å². The summed E-state index contributed by atoms with van der Waals surface area (Å²) in [7, 11) is 0. The minimum atomic E-state index is -0.340. The van der Waals surface area contributed by atoms with Gasteiger partial charge in [-0.2, -0.15) is 0 Å². The molecule has 1 atom stereocenters. The molecule has 122 valence electrons. The van der Waals surface area contributed by atoms with E-state index in [1.165, 1.54) is 11.8 Å². The highest BCUT2D eigenvalue weighted by Crippen LogP contribution is 2.28. The first-order chi connectivity index (χ1) is 11.1. The molecule has 0 saturated carbocycles. The Hall–Kier alpha value is -1.70. The molecule has 7 heteroatoms. The number of nitrogens with two attached hydrogens (primary N) is 1. The maximum Gasteiger partial charge on any atom is 0.230 e. The molecule has 1 aromatic carbocycles. The summed E-state index contributed by atoms with van der Waals surface area (Å²) in [6, 6.07) is 7.86. The van der Waals surface area contributed by atoms with E-state index in [0.29, 0.717) is 6.54 Å². The Morgan fingerprint density at radius 1 is 1.35 bits per heavy atom. The van der Waals surface area contributed by atoms with E-state index >= 15 is 0 Å². The van der Waals surface area contributed by atoms with Gasteiger partial charge in [0.05, 0.1) is 30.5 Å². The fourth-order valence-electron chi connectivity index (χ4n) is 2.44. The van der Waals surface area contributed by atoms with E-state index in [4.69, 9.17) is 10.5 Å². The van der Waals surface area contributed by atoms with Gasteiger partial charge in [0.25, 0.3) is 0 Å². The van der Waals surface area contributed by atoms with Gasteiger partial charge in [-0.15, -0.1) is 0 Å². The Morgan fingerprint density at radius 2 is 2.09 bits per heavy atom. The molecule has 1 saturated heterocycles. The second-order valence-corrected chi connectivity index (χ2v) is 6.84. The molecular formula is C16H20N4O2S. The number of amides is 1. The number of benzene rings is 1. The molecule has 23 heavy (non-hydrogen) atoms. The lowest BCUT2D eigenvalue weighted by Crippen LogP contribution is -2.36. The molecule has 1 aromatic heterocycles. The van der Waals surface area contributed by atoms with Crippen molar-refractivity contribution in [3.63, 3.8) is 0 Å². The molecule has 2 N–H and O–H groups in total. The average molecular weight is 332 g/mol. The number of carbonyl (C=O) groups excluding carboxylic acids is 1. The summed E-state index contributed by atoms with van der Waals surface area (Å²) in [5, 5.41) is 1.44. The molecule has 0 aliphatic carbocycles. The maximum absolute atomic E-state index is 11.4. The van der Waals surface area contributed by atoms with Gasteiger partial charge in [0.1, 0.15) is 10.9 Å². The Kier molecular flexibility index (Phi) is 5.09. The highest BCUT2D eigenvalue weighted by atomic mass is 32.2. The van der Waals surface area contributed by atoms with E-state index in [0.717, 1.165) is 48.1 Å². The molecule has 6 nitrogen and oxygen atoms in total. The van der Waals surface area contributed by atoms with E-state index in [-0.39, 0.29) is 11.2 Å². The maximum atomic E-state index is 11.4. The topological polar surface area (TPSA) is 81.3 Å². The number of carbonyl (C=O) groups is 1. The first-order valence-electron chi connectivity index (χ1n) is 7.65. The third kappa shape index (κ3) is 3.99. The van der Waals surface area contributed by atoms with E-state index < -0.39 is 0 Å². The van der Waals surface area contributed by atoms with Crippen molar-refractivity contribution in [1.29, 1.82) is 0 Å². The van der Waals surface area contributed by atoms with Gasteiger partial charge >= 0.3 is 0 Å². The molecule has 0 unspecified atom stereocenters. The van der Waals surface area contributed by atoms with Gasteiger partial charge in [-0.1, -0.05) is 30.0 Å². The highest BCUT2D eigenvalue weighted by molar-refractivity contribution is 8.00. The fourth-order valence-corrected chi connectivity index (χ4v) is 3.35. The summed E-state index contributed by atoms with van der Waals surface area (Å²) in [5.41, 5.74) is 6.28. The Balaban J connectivity index is 1.90. The van der Waals surface area contributed by atoms with Crippen LogP contribution in [0.2, 0.25) is 0 Å². The lowest BCUT2D eigenvalue weighted by atomic mass is 10.2. The van der Waals surface area contributed by atoms with E-state index in [9.17, 15) is 4.79 Å². The van der Waals surface area contributed by atoms with Crippen LogP contribution in [0.1, 0.15) is 12.7 Å². The average Bonchev–Trinajstić information content (AvgIpc) is 2.55. The summed E-state index contributed by atoms with van der Waals surface area (Å²) in [4.78, 5) is 23.0. The zero-order chi connectivity index (χ0) is 16.2. The molecule has 1 amide bonds. The lowest BCUT2D eigenvalue weighted by Gasteiger charge is -2.26. The van der Waals surface area contributed by atoms with Crippen molar-refractivity contribution in [3.05, 3.63) is 30.1 Å². The van der Waals surface area contributed by atoms with Crippen molar-refractivity contribution in [2.45, 2.75) is 23.7 Å². The SMILES string of the molecule is C[C@H](Sc1nc(CN2CCOCC2)nc2ccccc12)C(N)=O. The van der Waals surface area contributed by atoms with Gasteiger partial charge in [-0.05, 0) is 13.0 Å². The van der Waals surface area contributed by atoms with Crippen molar-refractivity contribution in [2.75, 3.05) is 26.3 Å². The summed E-state index contributed by atoms with van der Waals surface area (Å²) in [6.07, 6.45) is 0. The number of aromatic nitrogens is 2. The monoisotopic (exact) mass is 332 g/mol. The number of para-hydroxylation sites is 1. The van der Waals surface area contributed by atoms with Gasteiger partial charge in [0.15, 0.2) is 0 Å². The Bertz CT molecular complexity index is 704. The van der Waals surface area contributed by atoms with Crippen LogP contribution in [0.15, 0.2) is 29.3 Å². The minimum absolute atomic E-state index is 0.329. The van der Waals surface area contributed by atoms with Crippen molar-refractivity contribution >= 4 is 28.6 Å². The van der Waals surface area contributed by atoms with Gasteiger partial charge in [0, 0.05) is 18.5 Å². The van der Waals surface area contributed by atoms with E-state index in [2.05, 4.69) is 14.9 Å². The number of fused-ring (bicyclic) bond motifs is 1. The number of hydrogen-bond donors (Lipinski definition) is 1. The van der Waals surface area contributed by atoms with Gasteiger partial charge in [0.2, 0.25) is 5.91 Å². The number of nitrogens with zero attached hydrogens (tertiary/aromatic N) is 3. The fraction of sp³-hybridized carbons (Fsp3) is 0.438. The van der Waals surface area contributed by atoms with Crippen LogP contribution in [-0.4, -0.2) is 52.3 Å². The third-order valence-corrected chi connectivity index (χ3v) is 4.89. The smallest absolute Gasteiger partial charge is 0.230 e. The van der Waals surface area contributed by atoms with Crippen LogP contribution < -0.4 is 5.73 Å². The number of thioether (sulfide) groups is 1. The quantitative estimate of drug-likeness (QED) is 0.659. The minimum Gasteiger partial charge on any atom is -0.379 e. The van der Waals surface area contributed by atoms with Gasteiger partial charge in [-0.3, -0.25) is 9.69 Å². The first kappa shape index (κ1) is 16.2. The van der Waals surface area contributed by atoms with Crippen LogP contribution in [0.25, 0.3) is 10.9 Å². The second-order valence-electron chi connectivity index (χ2n) is 5.51. The normalized spacial score (nSPS) is 17.3.